The molecule has 1 heterocycles. The SMILES string of the molecule is C=C(CCl)[C@@H]1[C@H](CCOC(=O)OCc2ccccc2)C(=O)N1C(c1ccc(OC)cc1)c1ccc(OC)cc1. The van der Waals surface area contributed by atoms with Crippen LogP contribution in [-0.4, -0.2) is 49.7 Å². The van der Waals surface area contributed by atoms with Gasteiger partial charge in [0.25, 0.3) is 0 Å². The first-order valence-corrected chi connectivity index (χ1v) is 13.2. The van der Waals surface area contributed by atoms with Gasteiger partial charge in [0, 0.05) is 5.88 Å². The Morgan fingerprint density at radius 1 is 0.897 bits per heavy atom. The Hall–Kier alpha value is -3.97. The van der Waals surface area contributed by atoms with Crippen molar-refractivity contribution in [2.24, 2.45) is 5.92 Å². The first kappa shape index (κ1) is 28.0. The van der Waals surface area contributed by atoms with Crippen molar-refractivity contribution in [1.82, 2.24) is 4.90 Å². The predicted molar refractivity (Wildman–Crippen MR) is 149 cm³/mol. The van der Waals surface area contributed by atoms with Crippen molar-refractivity contribution in [3.05, 3.63) is 108 Å². The van der Waals surface area contributed by atoms with E-state index in [4.69, 9.17) is 30.5 Å². The molecule has 0 aromatic heterocycles. The van der Waals surface area contributed by atoms with Crippen molar-refractivity contribution in [2.45, 2.75) is 25.1 Å². The molecule has 0 spiro atoms. The summed E-state index contributed by atoms with van der Waals surface area (Å²) in [6, 6.07) is 23.9. The number of benzene rings is 3. The Balaban J connectivity index is 1.49. The monoisotopic (exact) mass is 549 g/mol. The zero-order chi connectivity index (χ0) is 27.8. The van der Waals surface area contributed by atoms with Gasteiger partial charge in [-0.15, -0.1) is 11.6 Å². The third-order valence-corrected chi connectivity index (χ3v) is 7.18. The Morgan fingerprint density at radius 2 is 1.46 bits per heavy atom. The van der Waals surface area contributed by atoms with Crippen LogP contribution in [0, 0.1) is 5.92 Å². The number of hydrogen-bond donors (Lipinski definition) is 0. The van der Waals surface area contributed by atoms with Gasteiger partial charge in [0.05, 0.1) is 38.8 Å². The summed E-state index contributed by atoms with van der Waals surface area (Å²) < 4.78 is 21.1. The number of rotatable bonds is 12. The number of β-lactam (4-membered cyclic amide) rings is 1. The second-order valence-electron chi connectivity index (χ2n) is 9.20. The van der Waals surface area contributed by atoms with Gasteiger partial charge < -0.3 is 23.8 Å². The van der Waals surface area contributed by atoms with E-state index in [1.54, 1.807) is 14.2 Å². The molecule has 0 radical (unpaired) electrons. The van der Waals surface area contributed by atoms with Crippen molar-refractivity contribution in [3.8, 4) is 11.5 Å². The summed E-state index contributed by atoms with van der Waals surface area (Å²) in [5, 5.41) is 0. The van der Waals surface area contributed by atoms with Crippen molar-refractivity contribution in [3.63, 3.8) is 0 Å². The molecule has 1 aliphatic rings. The van der Waals surface area contributed by atoms with Gasteiger partial charge in [-0.3, -0.25) is 4.79 Å². The van der Waals surface area contributed by atoms with Crippen LogP contribution in [0.2, 0.25) is 0 Å². The zero-order valence-electron chi connectivity index (χ0n) is 22.0. The highest BCUT2D eigenvalue weighted by Crippen LogP contribution is 2.44. The molecule has 3 aromatic carbocycles. The Morgan fingerprint density at radius 3 is 1.97 bits per heavy atom. The minimum absolute atomic E-state index is 0.0413. The molecule has 3 aromatic rings. The number of methoxy groups -OCH3 is 2. The summed E-state index contributed by atoms with van der Waals surface area (Å²) in [5.41, 5.74) is 3.42. The molecule has 8 heteroatoms. The summed E-state index contributed by atoms with van der Waals surface area (Å²) in [7, 11) is 3.22. The molecule has 0 unspecified atom stereocenters. The first-order chi connectivity index (χ1) is 19.0. The summed E-state index contributed by atoms with van der Waals surface area (Å²) in [4.78, 5) is 27.6. The van der Waals surface area contributed by atoms with Crippen LogP contribution in [-0.2, 0) is 20.9 Å². The number of likely N-dealkylation sites (tertiary alicyclic amines) is 1. The molecule has 1 saturated heterocycles. The van der Waals surface area contributed by atoms with Gasteiger partial charge in [-0.25, -0.2) is 4.79 Å². The van der Waals surface area contributed by atoms with E-state index in [9.17, 15) is 9.59 Å². The third-order valence-electron chi connectivity index (χ3n) is 6.83. The van der Waals surface area contributed by atoms with Crippen LogP contribution < -0.4 is 9.47 Å². The Kier molecular flexibility index (Phi) is 9.49. The van der Waals surface area contributed by atoms with E-state index < -0.39 is 12.1 Å². The van der Waals surface area contributed by atoms with Crippen LogP contribution in [0.1, 0.15) is 29.2 Å². The molecule has 4 rings (SSSR count). The third kappa shape index (κ3) is 6.55. The zero-order valence-corrected chi connectivity index (χ0v) is 22.8. The van der Waals surface area contributed by atoms with Crippen LogP contribution in [0.4, 0.5) is 4.79 Å². The summed E-state index contributed by atoms with van der Waals surface area (Å²) >= 11 is 6.22. The van der Waals surface area contributed by atoms with Gasteiger partial charge in [0.1, 0.15) is 18.1 Å². The van der Waals surface area contributed by atoms with Crippen molar-refractivity contribution in [1.29, 1.82) is 0 Å². The molecular weight excluding hydrogens is 518 g/mol. The lowest BCUT2D eigenvalue weighted by Crippen LogP contribution is -2.63. The van der Waals surface area contributed by atoms with E-state index in [0.717, 1.165) is 33.8 Å². The molecule has 1 amide bonds. The summed E-state index contributed by atoms with van der Waals surface area (Å²) in [6.07, 6.45) is -0.446. The van der Waals surface area contributed by atoms with Crippen LogP contribution in [0.3, 0.4) is 0 Å². The summed E-state index contributed by atoms with van der Waals surface area (Å²) in [5.74, 6) is 1.15. The fourth-order valence-corrected chi connectivity index (χ4v) is 4.98. The highest BCUT2D eigenvalue weighted by molar-refractivity contribution is 6.19. The molecular formula is C31H32ClNO6. The highest BCUT2D eigenvalue weighted by atomic mass is 35.5. The van der Waals surface area contributed by atoms with Gasteiger partial charge in [-0.1, -0.05) is 61.2 Å². The molecule has 1 aliphatic heterocycles. The van der Waals surface area contributed by atoms with Crippen LogP contribution >= 0.6 is 11.6 Å². The number of nitrogens with zero attached hydrogens (tertiary/aromatic N) is 1. The van der Waals surface area contributed by atoms with E-state index >= 15 is 0 Å². The minimum atomic E-state index is -0.774. The van der Waals surface area contributed by atoms with Crippen molar-refractivity contribution in [2.75, 3.05) is 26.7 Å². The lowest BCUT2D eigenvalue weighted by molar-refractivity contribution is -0.158. The van der Waals surface area contributed by atoms with Crippen LogP contribution in [0.5, 0.6) is 11.5 Å². The second-order valence-corrected chi connectivity index (χ2v) is 9.47. The average molecular weight is 550 g/mol. The van der Waals surface area contributed by atoms with Gasteiger partial charge in [0.2, 0.25) is 5.91 Å². The van der Waals surface area contributed by atoms with Gasteiger partial charge >= 0.3 is 6.16 Å². The maximum atomic E-state index is 13.6. The molecule has 0 saturated carbocycles. The predicted octanol–water partition coefficient (Wildman–Crippen LogP) is 6.16. The molecule has 0 bridgehead atoms. The van der Waals surface area contributed by atoms with Gasteiger partial charge in [0.15, 0.2) is 0 Å². The van der Waals surface area contributed by atoms with E-state index in [2.05, 4.69) is 6.58 Å². The minimum Gasteiger partial charge on any atom is -0.497 e. The lowest BCUT2D eigenvalue weighted by Gasteiger charge is -2.52. The molecule has 39 heavy (non-hydrogen) atoms. The molecule has 0 N–H and O–H groups in total. The quantitative estimate of drug-likeness (QED) is 0.117. The van der Waals surface area contributed by atoms with E-state index in [1.807, 2.05) is 83.8 Å². The fourth-order valence-electron chi connectivity index (χ4n) is 4.82. The number of amides is 1. The number of carbonyl (C=O) groups is 2. The van der Waals surface area contributed by atoms with E-state index in [1.165, 1.54) is 0 Å². The smallest absolute Gasteiger partial charge is 0.497 e. The van der Waals surface area contributed by atoms with Gasteiger partial charge in [-0.05, 0) is 52.9 Å². The number of alkyl halides is 1. The number of carbonyl (C=O) groups excluding carboxylic acids is 2. The maximum Gasteiger partial charge on any atom is 0.508 e. The second kappa shape index (κ2) is 13.2. The Labute approximate surface area is 233 Å². The van der Waals surface area contributed by atoms with Crippen LogP contribution in [0.15, 0.2) is 91.0 Å². The normalized spacial score (nSPS) is 16.4. The molecule has 204 valence electrons. The topological polar surface area (TPSA) is 74.3 Å². The Bertz CT molecular complexity index is 1220. The molecule has 7 nitrogen and oxygen atoms in total. The fraction of sp³-hybridized carbons (Fsp3) is 0.290. The number of halogens is 1. The standard InChI is InChI=1S/C31H32ClNO6/c1-21(19-32)28-27(17-18-38-31(35)39-20-22-7-5-4-6-8-22)30(34)33(28)29(23-9-13-25(36-2)14-10-23)24-11-15-26(37-3)16-12-24/h4-16,27-29H,1,17-20H2,2-3H3/t27-,28+/m0/s1. The number of ether oxygens (including phenoxy) is 4. The lowest BCUT2D eigenvalue weighted by atomic mass is 9.77. The molecule has 2 atom stereocenters. The van der Waals surface area contributed by atoms with E-state index in [0.29, 0.717) is 6.42 Å². The molecule has 1 fully saturated rings. The van der Waals surface area contributed by atoms with Crippen LogP contribution in [0.25, 0.3) is 0 Å². The van der Waals surface area contributed by atoms with Crippen molar-refractivity contribution < 1.29 is 28.5 Å². The average Bonchev–Trinajstić information content (AvgIpc) is 2.99. The highest BCUT2D eigenvalue weighted by Gasteiger charge is 2.51. The largest absolute Gasteiger partial charge is 0.508 e. The molecule has 0 aliphatic carbocycles. The summed E-state index contributed by atoms with van der Waals surface area (Å²) in [6.45, 7) is 4.32. The maximum absolute atomic E-state index is 13.6. The van der Waals surface area contributed by atoms with Gasteiger partial charge in [-0.2, -0.15) is 0 Å². The van der Waals surface area contributed by atoms with E-state index in [-0.39, 0.29) is 37.1 Å². The first-order valence-electron chi connectivity index (χ1n) is 12.6. The number of hydrogen-bond acceptors (Lipinski definition) is 6. The van der Waals surface area contributed by atoms with Crippen molar-refractivity contribution >= 4 is 23.7 Å².